The molecule has 2 bridgehead atoms. The number of carbonyl (C=O) groups is 2. The van der Waals surface area contributed by atoms with E-state index in [2.05, 4.69) is 10.2 Å². The highest BCUT2D eigenvalue weighted by Crippen LogP contribution is 2.36. The quantitative estimate of drug-likeness (QED) is 0.471. The number of hydrogen-bond acceptors (Lipinski definition) is 7. The maximum absolute atomic E-state index is 13.3. The van der Waals surface area contributed by atoms with Gasteiger partial charge in [-0.2, -0.15) is 4.31 Å². The van der Waals surface area contributed by atoms with Crippen molar-refractivity contribution in [1.82, 2.24) is 24.0 Å². The van der Waals surface area contributed by atoms with E-state index in [-0.39, 0.29) is 42.2 Å². The van der Waals surface area contributed by atoms with Crippen LogP contribution in [0.1, 0.15) is 62.4 Å². The Morgan fingerprint density at radius 2 is 1.71 bits per heavy atom. The number of fused-ring (bicyclic) bond motifs is 3. The van der Waals surface area contributed by atoms with Crippen LogP contribution in [0.4, 0.5) is 4.79 Å². The van der Waals surface area contributed by atoms with Crippen LogP contribution in [-0.4, -0.2) is 103 Å². The molecule has 3 aliphatic rings. The van der Waals surface area contributed by atoms with Crippen molar-refractivity contribution in [3.63, 3.8) is 0 Å². The summed E-state index contributed by atoms with van der Waals surface area (Å²) in [4.78, 5) is 43.1. The van der Waals surface area contributed by atoms with Gasteiger partial charge in [0, 0.05) is 56.9 Å². The fraction of sp³-hybridized carbons (Fsp3) is 0.621. The fourth-order valence-electron chi connectivity index (χ4n) is 6.68. The summed E-state index contributed by atoms with van der Waals surface area (Å²) in [6.45, 7) is 6.27. The Labute approximate surface area is 241 Å². The summed E-state index contributed by atoms with van der Waals surface area (Å²) in [7, 11) is -3.24. The molecule has 3 saturated heterocycles. The average molecular weight is 588 g/mol. The van der Waals surface area contributed by atoms with Crippen LogP contribution >= 0.6 is 0 Å². The Balaban J connectivity index is 1.11. The molecule has 11 nitrogen and oxygen atoms in total. The lowest BCUT2D eigenvalue weighted by Gasteiger charge is -2.39. The van der Waals surface area contributed by atoms with Crippen molar-refractivity contribution in [2.24, 2.45) is 0 Å². The van der Waals surface area contributed by atoms with E-state index in [0.29, 0.717) is 38.2 Å². The minimum Gasteiger partial charge on any atom is -0.449 e. The van der Waals surface area contributed by atoms with Crippen LogP contribution in [0.5, 0.6) is 0 Å². The number of amides is 2. The molecule has 1 aromatic carbocycles. The van der Waals surface area contributed by atoms with Crippen LogP contribution in [0.15, 0.2) is 35.1 Å². The molecule has 1 unspecified atom stereocenters. The second-order valence-electron chi connectivity index (χ2n) is 11.8. The van der Waals surface area contributed by atoms with Crippen LogP contribution in [0.2, 0.25) is 0 Å². The first-order valence-electron chi connectivity index (χ1n) is 14.6. The predicted molar refractivity (Wildman–Crippen MR) is 157 cm³/mol. The molecule has 224 valence electrons. The molecule has 5 rings (SSSR count). The Hall–Kier alpha value is -2.96. The number of pyridine rings is 1. The smallest absolute Gasteiger partial charge is 0.409 e. The molecule has 3 aliphatic heterocycles. The Morgan fingerprint density at radius 3 is 2.34 bits per heavy atom. The van der Waals surface area contributed by atoms with Crippen molar-refractivity contribution < 1.29 is 22.7 Å². The average Bonchev–Trinajstić information content (AvgIpc) is 3.17. The molecule has 3 fully saturated rings. The molecule has 4 heterocycles. The number of ether oxygens (including phenoxy) is 1. The second-order valence-corrected chi connectivity index (χ2v) is 13.7. The van der Waals surface area contributed by atoms with Gasteiger partial charge in [0.15, 0.2) is 0 Å². The Morgan fingerprint density at radius 1 is 1.05 bits per heavy atom. The summed E-state index contributed by atoms with van der Waals surface area (Å²) in [5.41, 5.74) is 0.755. The maximum Gasteiger partial charge on any atom is 0.409 e. The van der Waals surface area contributed by atoms with E-state index >= 15 is 0 Å². The third kappa shape index (κ3) is 6.44. The van der Waals surface area contributed by atoms with Gasteiger partial charge in [0.25, 0.3) is 11.5 Å². The summed E-state index contributed by atoms with van der Waals surface area (Å²) in [5, 5.41) is 4.04. The molecule has 1 N–H and O–H groups in total. The maximum atomic E-state index is 13.3. The number of carbonyl (C=O) groups excluding carboxylic acids is 2. The van der Waals surface area contributed by atoms with E-state index < -0.39 is 16.1 Å². The lowest BCUT2D eigenvalue weighted by molar-refractivity contribution is 0.0725. The first-order valence-corrected chi connectivity index (χ1v) is 16.5. The number of nitrogens with zero attached hydrogens (tertiary/aromatic N) is 4. The Bertz CT molecular complexity index is 1440. The van der Waals surface area contributed by atoms with Crippen molar-refractivity contribution in [1.29, 1.82) is 0 Å². The molecule has 0 spiro atoms. The number of piperidine rings is 1. The number of aromatic nitrogens is 1. The lowest BCUT2D eigenvalue weighted by atomic mass is 9.96. The van der Waals surface area contributed by atoms with E-state index in [1.54, 1.807) is 15.5 Å². The number of nitrogens with one attached hydrogen (secondary N) is 1. The first kappa shape index (κ1) is 29.5. The number of para-hydroxylation sites is 1. The van der Waals surface area contributed by atoms with Crippen molar-refractivity contribution in [2.45, 2.75) is 70.1 Å². The van der Waals surface area contributed by atoms with E-state index in [0.717, 1.165) is 43.1 Å². The van der Waals surface area contributed by atoms with Gasteiger partial charge in [-0.25, -0.2) is 13.2 Å². The summed E-state index contributed by atoms with van der Waals surface area (Å²) in [5.74, 6) is -0.308. The zero-order valence-corrected chi connectivity index (χ0v) is 24.9. The molecule has 3 atom stereocenters. The first-order chi connectivity index (χ1) is 19.5. The summed E-state index contributed by atoms with van der Waals surface area (Å²) >= 11 is 0. The minimum atomic E-state index is -3.24. The van der Waals surface area contributed by atoms with Crippen molar-refractivity contribution >= 4 is 32.9 Å². The van der Waals surface area contributed by atoms with Gasteiger partial charge in [-0.05, 0) is 63.5 Å². The molecule has 0 aliphatic carbocycles. The SMILES string of the molecule is CC(C)n1c(=O)c(C(=O)NC2C[C@H]3CC[C@@H](C2)N3CCCOC(=O)N2CCN(S(C)(=O)=O)CC2)cc2ccccc21. The van der Waals surface area contributed by atoms with Gasteiger partial charge >= 0.3 is 6.09 Å². The van der Waals surface area contributed by atoms with Crippen LogP contribution < -0.4 is 10.9 Å². The van der Waals surface area contributed by atoms with Gasteiger partial charge < -0.3 is 19.5 Å². The molecule has 0 radical (unpaired) electrons. The highest BCUT2D eigenvalue weighted by molar-refractivity contribution is 7.88. The third-order valence-electron chi connectivity index (χ3n) is 8.68. The van der Waals surface area contributed by atoms with E-state index in [1.807, 2.05) is 38.1 Å². The van der Waals surface area contributed by atoms with Gasteiger partial charge in [0.2, 0.25) is 10.0 Å². The molecule has 12 heteroatoms. The topological polar surface area (TPSA) is 121 Å². The zero-order chi connectivity index (χ0) is 29.3. The zero-order valence-electron chi connectivity index (χ0n) is 24.1. The molecular formula is C29H41N5O6S. The predicted octanol–water partition coefficient (Wildman–Crippen LogP) is 2.41. The van der Waals surface area contributed by atoms with Gasteiger partial charge in [0.1, 0.15) is 5.56 Å². The van der Waals surface area contributed by atoms with E-state index in [1.165, 1.54) is 10.6 Å². The standard InChI is InChI=1S/C29H41N5O6S/c1-20(2)34-26-8-5-4-7-21(26)17-25(28(34)36)27(35)30-22-18-23-9-10-24(19-22)33(23)11-6-16-40-29(37)31-12-14-32(15-13-31)41(3,38)39/h4-5,7-8,17,20,22-24H,6,9-16,18-19H2,1-3H3,(H,30,35)/t22?,23-,24+. The van der Waals surface area contributed by atoms with E-state index in [9.17, 15) is 22.8 Å². The van der Waals surface area contributed by atoms with Gasteiger partial charge in [0.05, 0.1) is 18.4 Å². The largest absolute Gasteiger partial charge is 0.449 e. The third-order valence-corrected chi connectivity index (χ3v) is 9.98. The normalized spacial score (nSPS) is 23.7. The summed E-state index contributed by atoms with van der Waals surface area (Å²) < 4.78 is 31.9. The molecule has 41 heavy (non-hydrogen) atoms. The van der Waals surface area contributed by atoms with Crippen LogP contribution in [-0.2, 0) is 14.8 Å². The van der Waals surface area contributed by atoms with Crippen LogP contribution in [0.3, 0.4) is 0 Å². The molecular weight excluding hydrogens is 546 g/mol. The van der Waals surface area contributed by atoms with Gasteiger partial charge in [-0.1, -0.05) is 18.2 Å². The van der Waals surface area contributed by atoms with Crippen molar-refractivity contribution in [3.05, 3.63) is 46.2 Å². The number of rotatable bonds is 8. The fourth-order valence-corrected chi connectivity index (χ4v) is 7.51. The molecule has 0 saturated carbocycles. The highest BCUT2D eigenvalue weighted by Gasteiger charge is 2.41. The second kappa shape index (κ2) is 12.1. The van der Waals surface area contributed by atoms with Crippen LogP contribution in [0, 0.1) is 0 Å². The molecule has 2 aromatic rings. The summed E-state index contributed by atoms with van der Waals surface area (Å²) in [6, 6.07) is 10.0. The number of hydrogen-bond donors (Lipinski definition) is 1. The molecule has 2 amide bonds. The van der Waals surface area contributed by atoms with Crippen molar-refractivity contribution in [3.8, 4) is 0 Å². The number of benzene rings is 1. The van der Waals surface area contributed by atoms with Crippen LogP contribution in [0.25, 0.3) is 10.9 Å². The summed E-state index contributed by atoms with van der Waals surface area (Å²) in [6.07, 6.45) is 5.30. The minimum absolute atomic E-state index is 0.0121. The van der Waals surface area contributed by atoms with E-state index in [4.69, 9.17) is 4.74 Å². The highest BCUT2D eigenvalue weighted by atomic mass is 32.2. The lowest BCUT2D eigenvalue weighted by Crippen LogP contribution is -2.51. The van der Waals surface area contributed by atoms with Gasteiger partial charge in [-0.15, -0.1) is 0 Å². The monoisotopic (exact) mass is 587 g/mol. The number of sulfonamides is 1. The number of piperazine rings is 1. The Kier molecular flexibility index (Phi) is 8.72. The molecule has 1 aromatic heterocycles. The van der Waals surface area contributed by atoms with Crippen molar-refractivity contribution in [2.75, 3.05) is 45.6 Å². The van der Waals surface area contributed by atoms with Gasteiger partial charge in [-0.3, -0.25) is 14.5 Å².